The smallest absolute Gasteiger partial charge is 0.270 e. The fraction of sp³-hybridized carbons (Fsp3) is 0. The molecule has 1 aromatic heterocycles. The molecule has 1 N–H and O–H groups in total. The Morgan fingerprint density at radius 2 is 1.52 bits per heavy atom. The fourth-order valence-electron chi connectivity index (χ4n) is 3.04. The maximum atomic E-state index is 12.7. The summed E-state index contributed by atoms with van der Waals surface area (Å²) < 4.78 is 0. The van der Waals surface area contributed by atoms with Crippen molar-refractivity contribution in [1.82, 2.24) is 4.98 Å². The van der Waals surface area contributed by atoms with Gasteiger partial charge in [-0.05, 0) is 35.9 Å². The van der Waals surface area contributed by atoms with Crippen molar-refractivity contribution in [1.29, 1.82) is 0 Å². The number of anilines is 1. The minimum absolute atomic E-state index is 0.0544. The van der Waals surface area contributed by atoms with Gasteiger partial charge < -0.3 is 0 Å². The summed E-state index contributed by atoms with van der Waals surface area (Å²) in [6, 6.07) is 18.3. The number of nitrogens with one attached hydrogen (secondary N) is 1. The summed E-state index contributed by atoms with van der Waals surface area (Å²) >= 11 is 7.20. The van der Waals surface area contributed by atoms with Gasteiger partial charge in [-0.3, -0.25) is 30.3 Å². The lowest BCUT2D eigenvalue weighted by atomic mass is 10.1. The molecule has 0 unspecified atom stereocenters. The molecule has 0 bridgehead atoms. The van der Waals surface area contributed by atoms with E-state index in [9.17, 15) is 25.0 Å². The molecule has 0 aliphatic heterocycles. The quantitative estimate of drug-likeness (QED) is 0.258. The number of amides is 1. The van der Waals surface area contributed by atoms with Crippen LogP contribution in [-0.2, 0) is 0 Å². The number of hydrogen-bond acceptors (Lipinski definition) is 7. The lowest BCUT2D eigenvalue weighted by molar-refractivity contribution is -0.385. The molecular weight excluding hydrogens is 468 g/mol. The molecule has 1 amide bonds. The van der Waals surface area contributed by atoms with Gasteiger partial charge in [0.2, 0.25) is 0 Å². The number of carbonyl (C=O) groups excluding carboxylic acids is 1. The number of benzene rings is 3. The Labute approximate surface area is 195 Å². The van der Waals surface area contributed by atoms with E-state index in [0.717, 1.165) is 10.4 Å². The number of aromatic nitrogens is 1. The summed E-state index contributed by atoms with van der Waals surface area (Å²) in [5, 5.41) is 25.5. The average molecular weight is 481 g/mol. The Morgan fingerprint density at radius 1 is 0.879 bits per heavy atom. The number of hydrogen-bond donors (Lipinski definition) is 1. The van der Waals surface area contributed by atoms with E-state index in [-0.39, 0.29) is 22.1 Å². The van der Waals surface area contributed by atoms with Gasteiger partial charge in [0.25, 0.3) is 17.3 Å². The summed E-state index contributed by atoms with van der Waals surface area (Å²) in [4.78, 5) is 38.8. The maximum absolute atomic E-state index is 12.7. The molecule has 0 saturated carbocycles. The largest absolute Gasteiger partial charge is 0.298 e. The summed E-state index contributed by atoms with van der Waals surface area (Å²) in [7, 11) is 0. The van der Waals surface area contributed by atoms with E-state index in [4.69, 9.17) is 11.6 Å². The Bertz CT molecular complexity index is 1370. The second-order valence-corrected chi connectivity index (χ2v) is 8.20. The molecule has 9 nitrogen and oxygen atoms in total. The van der Waals surface area contributed by atoms with Crippen molar-refractivity contribution in [2.75, 3.05) is 5.32 Å². The zero-order chi connectivity index (χ0) is 23.5. The molecule has 4 rings (SSSR count). The summed E-state index contributed by atoms with van der Waals surface area (Å²) in [5.41, 5.74) is 1.80. The molecule has 0 saturated heterocycles. The van der Waals surface area contributed by atoms with Crippen molar-refractivity contribution < 1.29 is 14.6 Å². The normalized spacial score (nSPS) is 10.6. The molecule has 0 aliphatic rings. The van der Waals surface area contributed by atoms with Crippen molar-refractivity contribution in [3.8, 4) is 21.7 Å². The molecule has 0 atom stereocenters. The molecular formula is C22H13ClN4O5S. The highest BCUT2D eigenvalue weighted by Crippen LogP contribution is 2.40. The maximum Gasteiger partial charge on any atom is 0.270 e. The summed E-state index contributed by atoms with van der Waals surface area (Å²) in [6.07, 6.45) is 0. The average Bonchev–Trinajstić information content (AvgIpc) is 3.23. The van der Waals surface area contributed by atoms with Crippen LogP contribution in [0.2, 0.25) is 5.02 Å². The second kappa shape index (κ2) is 9.15. The van der Waals surface area contributed by atoms with Crippen LogP contribution in [0.25, 0.3) is 21.7 Å². The number of non-ortho nitro benzene ring substituents is 2. The SMILES string of the molecule is O=C(Nc1nc(-c2ccc([N+](=O)[O-])cc2)c(-c2ccc(Cl)cc2)s1)c1cccc([N+](=O)[O-])c1. The molecule has 164 valence electrons. The van der Waals surface area contributed by atoms with E-state index < -0.39 is 15.8 Å². The van der Waals surface area contributed by atoms with Gasteiger partial charge in [0.05, 0.1) is 20.4 Å². The van der Waals surface area contributed by atoms with Crippen LogP contribution < -0.4 is 5.32 Å². The number of nitro groups is 2. The fourth-order valence-corrected chi connectivity index (χ4v) is 4.15. The van der Waals surface area contributed by atoms with Crippen LogP contribution in [0.1, 0.15) is 10.4 Å². The van der Waals surface area contributed by atoms with E-state index in [1.165, 1.54) is 47.7 Å². The van der Waals surface area contributed by atoms with E-state index in [1.807, 2.05) is 0 Å². The highest BCUT2D eigenvalue weighted by atomic mass is 35.5. The lowest BCUT2D eigenvalue weighted by Gasteiger charge is -2.03. The van der Waals surface area contributed by atoms with Crippen LogP contribution in [0.4, 0.5) is 16.5 Å². The minimum atomic E-state index is -0.578. The Balaban J connectivity index is 1.72. The predicted molar refractivity (Wildman–Crippen MR) is 126 cm³/mol. The first-order valence-electron chi connectivity index (χ1n) is 9.39. The van der Waals surface area contributed by atoms with Crippen molar-refractivity contribution in [2.45, 2.75) is 0 Å². The monoisotopic (exact) mass is 480 g/mol. The zero-order valence-corrected chi connectivity index (χ0v) is 18.2. The molecule has 3 aromatic carbocycles. The first-order chi connectivity index (χ1) is 15.8. The van der Waals surface area contributed by atoms with Gasteiger partial charge in [-0.2, -0.15) is 0 Å². The van der Waals surface area contributed by atoms with Crippen LogP contribution in [0.5, 0.6) is 0 Å². The van der Waals surface area contributed by atoms with Gasteiger partial charge in [0, 0.05) is 40.4 Å². The van der Waals surface area contributed by atoms with Crippen molar-refractivity contribution in [3.63, 3.8) is 0 Å². The van der Waals surface area contributed by atoms with Crippen molar-refractivity contribution in [3.05, 3.63) is 104 Å². The Morgan fingerprint density at radius 3 is 2.15 bits per heavy atom. The highest BCUT2D eigenvalue weighted by Gasteiger charge is 2.19. The van der Waals surface area contributed by atoms with Crippen LogP contribution in [0.3, 0.4) is 0 Å². The van der Waals surface area contributed by atoms with Gasteiger partial charge in [0.1, 0.15) is 0 Å². The van der Waals surface area contributed by atoms with Crippen molar-refractivity contribution >= 4 is 45.4 Å². The third-order valence-electron chi connectivity index (χ3n) is 4.62. The molecule has 0 spiro atoms. The van der Waals surface area contributed by atoms with Crippen LogP contribution in [-0.4, -0.2) is 20.7 Å². The first-order valence-corrected chi connectivity index (χ1v) is 10.6. The van der Waals surface area contributed by atoms with E-state index in [1.54, 1.807) is 36.4 Å². The molecule has 0 aliphatic carbocycles. The number of rotatable bonds is 6. The Hall–Kier alpha value is -4.15. The number of nitrogens with zero attached hydrogens (tertiary/aromatic N) is 3. The number of nitro benzene ring substituents is 2. The molecule has 4 aromatic rings. The molecule has 11 heteroatoms. The zero-order valence-electron chi connectivity index (χ0n) is 16.6. The molecule has 0 fully saturated rings. The minimum Gasteiger partial charge on any atom is -0.298 e. The van der Waals surface area contributed by atoms with Gasteiger partial charge in [-0.15, -0.1) is 0 Å². The Kier molecular flexibility index (Phi) is 6.11. The third-order valence-corrected chi connectivity index (χ3v) is 5.90. The van der Waals surface area contributed by atoms with Crippen molar-refractivity contribution in [2.24, 2.45) is 0 Å². The number of halogens is 1. The van der Waals surface area contributed by atoms with Crippen LogP contribution in [0, 0.1) is 20.2 Å². The van der Waals surface area contributed by atoms with Gasteiger partial charge in [-0.1, -0.05) is 41.1 Å². The van der Waals surface area contributed by atoms with E-state index >= 15 is 0 Å². The third kappa shape index (κ3) is 4.86. The van der Waals surface area contributed by atoms with Gasteiger partial charge in [0.15, 0.2) is 5.13 Å². The lowest BCUT2D eigenvalue weighted by Crippen LogP contribution is -2.11. The summed E-state index contributed by atoms with van der Waals surface area (Å²) in [5.74, 6) is -0.551. The molecule has 0 radical (unpaired) electrons. The predicted octanol–water partition coefficient (Wildman–Crippen LogP) is 6.20. The van der Waals surface area contributed by atoms with Crippen LogP contribution in [0.15, 0.2) is 72.8 Å². The highest BCUT2D eigenvalue weighted by molar-refractivity contribution is 7.19. The van der Waals surface area contributed by atoms with E-state index in [0.29, 0.717) is 16.3 Å². The molecule has 1 heterocycles. The standard InChI is InChI=1S/C22H13ClN4O5S/c23-16-8-4-14(5-9-16)20-19(13-6-10-17(11-7-13)26(29)30)24-22(33-20)25-21(28)15-2-1-3-18(12-15)27(31)32/h1-12H,(H,24,25,28). The number of carbonyl (C=O) groups is 1. The van der Waals surface area contributed by atoms with Gasteiger partial charge in [-0.25, -0.2) is 4.98 Å². The second-order valence-electron chi connectivity index (χ2n) is 6.77. The van der Waals surface area contributed by atoms with E-state index in [2.05, 4.69) is 10.3 Å². The van der Waals surface area contributed by atoms with Crippen LogP contribution >= 0.6 is 22.9 Å². The summed E-state index contributed by atoms with van der Waals surface area (Å²) in [6.45, 7) is 0. The molecule has 33 heavy (non-hydrogen) atoms. The van der Waals surface area contributed by atoms with Gasteiger partial charge >= 0.3 is 0 Å². The number of thiazole rings is 1. The first kappa shape index (κ1) is 22.1. The topological polar surface area (TPSA) is 128 Å².